The topological polar surface area (TPSA) is 65.3 Å². The molecule has 0 aromatic carbocycles. The fourth-order valence-corrected chi connectivity index (χ4v) is 1.78. The number of nitrogens with zero attached hydrogens (tertiary/aromatic N) is 3. The van der Waals surface area contributed by atoms with Crippen molar-refractivity contribution in [3.63, 3.8) is 0 Å². The summed E-state index contributed by atoms with van der Waals surface area (Å²) in [4.78, 5) is 11.0. The van der Waals surface area contributed by atoms with Crippen molar-refractivity contribution in [1.82, 2.24) is 14.2 Å². The van der Waals surface area contributed by atoms with Crippen molar-refractivity contribution in [2.45, 2.75) is 19.4 Å². The number of hydrogen-bond acceptors (Lipinski definition) is 2. The summed E-state index contributed by atoms with van der Waals surface area (Å²) < 4.78 is 3.82. The summed E-state index contributed by atoms with van der Waals surface area (Å²) in [5, 5.41) is 4.08. The summed E-state index contributed by atoms with van der Waals surface area (Å²) in [6.07, 6.45) is 6.46. The van der Waals surface area contributed by atoms with Gasteiger partial charge in [0, 0.05) is 25.0 Å². The Bertz CT molecular complexity index is 520. The van der Waals surface area contributed by atoms with E-state index in [1.807, 2.05) is 12.4 Å². The predicted molar refractivity (Wildman–Crippen MR) is 54.4 cm³/mol. The fraction of sp³-hybridized carbons (Fsp3) is 0.400. The molecule has 0 atom stereocenters. The Kier molecular flexibility index (Phi) is 1.62. The molecule has 1 fully saturated rings. The highest BCUT2D eigenvalue weighted by atomic mass is 16.1. The lowest BCUT2D eigenvalue weighted by Gasteiger charge is -1.99. The first-order valence-corrected chi connectivity index (χ1v) is 5.08. The minimum Gasteiger partial charge on any atom is -0.364 e. The Hall–Kier alpha value is -1.78. The molecule has 1 saturated carbocycles. The molecule has 1 aliphatic carbocycles. The highest BCUT2D eigenvalue weighted by Crippen LogP contribution is 2.31. The van der Waals surface area contributed by atoms with Crippen LogP contribution in [0.5, 0.6) is 0 Å². The van der Waals surface area contributed by atoms with Crippen molar-refractivity contribution in [1.29, 1.82) is 0 Å². The minimum atomic E-state index is -0.475. The molecule has 3 rings (SSSR count). The van der Waals surface area contributed by atoms with Crippen LogP contribution in [0.15, 0.2) is 18.5 Å². The molecule has 15 heavy (non-hydrogen) atoms. The maximum absolute atomic E-state index is 11.0. The molecular formula is C10H12N4O. The van der Waals surface area contributed by atoms with E-state index in [1.165, 1.54) is 12.8 Å². The summed E-state index contributed by atoms with van der Waals surface area (Å²) in [5.41, 5.74) is 6.45. The normalized spacial score (nSPS) is 16.0. The monoisotopic (exact) mass is 204 g/mol. The van der Waals surface area contributed by atoms with E-state index in [2.05, 4.69) is 9.67 Å². The summed E-state index contributed by atoms with van der Waals surface area (Å²) in [6.45, 7) is 1.01. The van der Waals surface area contributed by atoms with E-state index >= 15 is 0 Å². The van der Waals surface area contributed by atoms with Crippen molar-refractivity contribution in [3.8, 4) is 0 Å². The number of nitrogens with two attached hydrogens (primary N) is 1. The molecule has 2 N–H and O–H groups in total. The van der Waals surface area contributed by atoms with Gasteiger partial charge in [-0.2, -0.15) is 5.10 Å². The van der Waals surface area contributed by atoms with Gasteiger partial charge in [-0.1, -0.05) is 0 Å². The summed E-state index contributed by atoms with van der Waals surface area (Å²) in [6, 6.07) is 1.74. The zero-order valence-corrected chi connectivity index (χ0v) is 8.26. The van der Waals surface area contributed by atoms with Crippen molar-refractivity contribution >= 4 is 11.6 Å². The highest BCUT2D eigenvalue weighted by molar-refractivity contribution is 5.91. The first-order valence-electron chi connectivity index (χ1n) is 5.08. The van der Waals surface area contributed by atoms with Crippen molar-refractivity contribution < 1.29 is 4.79 Å². The van der Waals surface area contributed by atoms with Crippen LogP contribution in [0.1, 0.15) is 23.3 Å². The first kappa shape index (κ1) is 8.52. The molecule has 0 radical (unpaired) electrons. The zero-order valence-electron chi connectivity index (χ0n) is 8.26. The van der Waals surface area contributed by atoms with Gasteiger partial charge in [0.2, 0.25) is 0 Å². The van der Waals surface area contributed by atoms with Gasteiger partial charge in [-0.15, -0.1) is 0 Å². The Morgan fingerprint density at radius 2 is 2.33 bits per heavy atom. The molecule has 1 amide bonds. The number of rotatable bonds is 3. The van der Waals surface area contributed by atoms with Crippen LogP contribution < -0.4 is 5.73 Å². The maximum atomic E-state index is 11.0. The molecule has 2 aromatic rings. The highest BCUT2D eigenvalue weighted by Gasteiger charge is 2.22. The lowest BCUT2D eigenvalue weighted by atomic mass is 10.4. The van der Waals surface area contributed by atoms with E-state index < -0.39 is 5.91 Å². The van der Waals surface area contributed by atoms with E-state index in [-0.39, 0.29) is 0 Å². The van der Waals surface area contributed by atoms with Gasteiger partial charge in [-0.3, -0.25) is 4.79 Å². The van der Waals surface area contributed by atoms with E-state index in [0.29, 0.717) is 5.69 Å². The Balaban J connectivity index is 2.02. The fourth-order valence-electron chi connectivity index (χ4n) is 1.78. The number of amides is 1. The number of primary amides is 1. The lowest BCUT2D eigenvalue weighted by molar-refractivity contribution is 0.0995. The van der Waals surface area contributed by atoms with Gasteiger partial charge < -0.3 is 10.3 Å². The predicted octanol–water partition coefficient (Wildman–Crippen LogP) is 0.645. The zero-order chi connectivity index (χ0) is 10.4. The second kappa shape index (κ2) is 2.85. The van der Waals surface area contributed by atoms with Crippen LogP contribution in [0, 0.1) is 5.92 Å². The molecule has 0 bridgehead atoms. The quantitative estimate of drug-likeness (QED) is 0.797. The number of hydrogen-bond donors (Lipinski definition) is 1. The third-order valence-corrected chi connectivity index (χ3v) is 2.80. The number of imidazole rings is 1. The molecule has 0 unspecified atom stereocenters. The van der Waals surface area contributed by atoms with Crippen LogP contribution in [-0.4, -0.2) is 20.1 Å². The van der Waals surface area contributed by atoms with E-state index in [4.69, 9.17) is 5.73 Å². The average molecular weight is 204 g/mol. The number of carbonyl (C=O) groups excluding carboxylic acids is 1. The number of fused-ring (bicyclic) bond motifs is 1. The lowest BCUT2D eigenvalue weighted by Crippen LogP contribution is -2.11. The third-order valence-electron chi connectivity index (χ3n) is 2.80. The Morgan fingerprint density at radius 1 is 1.53 bits per heavy atom. The van der Waals surface area contributed by atoms with Crippen LogP contribution in [0.2, 0.25) is 0 Å². The van der Waals surface area contributed by atoms with Gasteiger partial charge in [-0.05, 0) is 18.8 Å². The van der Waals surface area contributed by atoms with Crippen LogP contribution in [0.3, 0.4) is 0 Å². The standard InChI is InChI=1S/C10H12N4O/c11-10(15)8-5-9-13(6-7-1-2-7)3-4-14(9)12-8/h3-5,7H,1-2,6H2,(H2,11,15). The van der Waals surface area contributed by atoms with Crippen LogP contribution in [0.4, 0.5) is 0 Å². The molecule has 0 spiro atoms. The molecule has 5 heteroatoms. The largest absolute Gasteiger partial charge is 0.364 e. The van der Waals surface area contributed by atoms with Gasteiger partial charge in [0.1, 0.15) is 5.65 Å². The molecule has 2 heterocycles. The van der Waals surface area contributed by atoms with Gasteiger partial charge in [0.15, 0.2) is 5.69 Å². The van der Waals surface area contributed by atoms with Gasteiger partial charge in [-0.25, -0.2) is 4.52 Å². The molecular weight excluding hydrogens is 192 g/mol. The summed E-state index contributed by atoms with van der Waals surface area (Å²) in [7, 11) is 0. The smallest absolute Gasteiger partial charge is 0.269 e. The van der Waals surface area contributed by atoms with E-state index in [9.17, 15) is 4.79 Å². The SMILES string of the molecule is NC(=O)c1cc2n(CC3CC3)ccn2n1. The van der Waals surface area contributed by atoms with Crippen molar-refractivity contribution in [2.75, 3.05) is 0 Å². The van der Waals surface area contributed by atoms with Crippen molar-refractivity contribution in [2.24, 2.45) is 11.7 Å². The van der Waals surface area contributed by atoms with Gasteiger partial charge >= 0.3 is 0 Å². The summed E-state index contributed by atoms with van der Waals surface area (Å²) in [5.74, 6) is 0.324. The second-order valence-corrected chi connectivity index (χ2v) is 4.09. The maximum Gasteiger partial charge on any atom is 0.269 e. The second-order valence-electron chi connectivity index (χ2n) is 4.09. The first-order chi connectivity index (χ1) is 7.24. The molecule has 5 nitrogen and oxygen atoms in total. The molecule has 78 valence electrons. The van der Waals surface area contributed by atoms with Crippen LogP contribution in [0.25, 0.3) is 5.65 Å². The minimum absolute atomic E-state index is 0.329. The molecule has 0 saturated heterocycles. The van der Waals surface area contributed by atoms with E-state index in [1.54, 1.807) is 10.6 Å². The Morgan fingerprint density at radius 3 is 3.00 bits per heavy atom. The third kappa shape index (κ3) is 1.40. The molecule has 2 aromatic heterocycles. The van der Waals surface area contributed by atoms with Crippen LogP contribution >= 0.6 is 0 Å². The van der Waals surface area contributed by atoms with Gasteiger partial charge in [0.25, 0.3) is 5.91 Å². The van der Waals surface area contributed by atoms with Crippen molar-refractivity contribution in [3.05, 3.63) is 24.2 Å². The van der Waals surface area contributed by atoms with E-state index in [0.717, 1.165) is 18.1 Å². The molecule has 0 aliphatic heterocycles. The molecule has 1 aliphatic rings. The van der Waals surface area contributed by atoms with Gasteiger partial charge in [0.05, 0.1) is 0 Å². The number of aromatic nitrogens is 3. The average Bonchev–Trinajstić information content (AvgIpc) is 2.76. The number of carbonyl (C=O) groups is 1. The van der Waals surface area contributed by atoms with Crippen LogP contribution in [-0.2, 0) is 6.54 Å². The summed E-state index contributed by atoms with van der Waals surface area (Å²) >= 11 is 0. The Labute approximate surface area is 86.5 Å².